The fourth-order valence-corrected chi connectivity index (χ4v) is 2.15. The first-order valence-corrected chi connectivity index (χ1v) is 10.5. The van der Waals surface area contributed by atoms with Gasteiger partial charge in [0.15, 0.2) is 0 Å². The number of halogens is 2. The van der Waals surface area contributed by atoms with Gasteiger partial charge in [-0.25, -0.2) is 12.2 Å². The number of nitrogens with one attached hydrogen (secondary N) is 1. The van der Waals surface area contributed by atoms with Crippen LogP contribution in [-0.4, -0.2) is 15.4 Å². The maximum absolute atomic E-state index is 11.4. The molecule has 2 nitrogen and oxygen atoms in total. The molecule has 0 aromatic heterocycles. The monoisotopic (exact) mass is 488 g/mol. The first-order chi connectivity index (χ1) is 10.9. The summed E-state index contributed by atoms with van der Waals surface area (Å²) in [6, 6.07) is 5.85. The van der Waals surface area contributed by atoms with Crippen molar-refractivity contribution in [2.24, 2.45) is 0 Å². The Labute approximate surface area is 194 Å². The van der Waals surface area contributed by atoms with Gasteiger partial charge < -0.3 is 35.3 Å². The fraction of sp³-hybridized carbons (Fsp3) is 0.450. The summed E-state index contributed by atoms with van der Waals surface area (Å²) in [5.74, 6) is 0.00370. The van der Waals surface area contributed by atoms with E-state index >= 15 is 0 Å². The zero-order valence-electron chi connectivity index (χ0n) is 16.6. The summed E-state index contributed by atoms with van der Waals surface area (Å²) in [6.45, 7) is 12.6. The van der Waals surface area contributed by atoms with E-state index in [1.807, 2.05) is 58.0 Å². The minimum Gasteiger partial charge on any atom is -1.00 e. The van der Waals surface area contributed by atoms with Crippen molar-refractivity contribution in [3.8, 4) is 0 Å². The van der Waals surface area contributed by atoms with Crippen LogP contribution in [0.2, 0.25) is 13.1 Å². The molecule has 0 aliphatic heterocycles. The van der Waals surface area contributed by atoms with Crippen molar-refractivity contribution in [1.82, 2.24) is 0 Å². The third-order valence-electron chi connectivity index (χ3n) is 3.19. The summed E-state index contributed by atoms with van der Waals surface area (Å²) < 4.78 is 0. The van der Waals surface area contributed by atoms with Gasteiger partial charge in [-0.2, -0.15) is 6.08 Å². The molecule has 0 saturated heterocycles. The van der Waals surface area contributed by atoms with Crippen molar-refractivity contribution < 1.29 is 55.8 Å². The predicted octanol–water partition coefficient (Wildman–Crippen LogP) is -0.0439. The Morgan fingerprint density at radius 2 is 1.50 bits per heavy atom. The van der Waals surface area contributed by atoms with Gasteiger partial charge in [-0.1, -0.05) is 59.0 Å². The molecule has 0 bridgehead atoms. The largest absolute Gasteiger partial charge is 4.00 e. The summed E-state index contributed by atoms with van der Waals surface area (Å²) in [7, 11) is 0.750. The average Bonchev–Trinajstić information content (AvgIpc) is 3.06. The van der Waals surface area contributed by atoms with Crippen LogP contribution in [0.15, 0.2) is 36.4 Å². The van der Waals surface area contributed by atoms with E-state index in [1.54, 1.807) is 0 Å². The van der Waals surface area contributed by atoms with Gasteiger partial charge in [0.25, 0.3) is 0 Å². The Balaban J connectivity index is -0.000000186. The van der Waals surface area contributed by atoms with Gasteiger partial charge in [-0.15, -0.1) is 6.42 Å². The molecule has 1 aliphatic carbocycles. The minimum absolute atomic E-state index is 0. The van der Waals surface area contributed by atoms with E-state index in [-0.39, 0.29) is 62.9 Å². The molecular formula is C20H30Cl2NOSiZr. The summed E-state index contributed by atoms with van der Waals surface area (Å²) >= 11 is 0. The Hall–Kier alpha value is -0.150. The number of carbonyl (C=O) groups is 1. The summed E-state index contributed by atoms with van der Waals surface area (Å²) in [5, 5.41) is 0. The number of carbonyl (C=O) groups excluding carboxylic acids is 1. The van der Waals surface area contributed by atoms with Crippen LogP contribution in [0.1, 0.15) is 67.4 Å². The van der Waals surface area contributed by atoms with E-state index < -0.39 is 5.91 Å². The molecule has 143 valence electrons. The summed E-state index contributed by atoms with van der Waals surface area (Å²) in [6.07, 6.45) is 10.0. The van der Waals surface area contributed by atoms with Gasteiger partial charge in [0.05, 0.1) is 5.91 Å². The number of allylic oxidation sites excluding steroid dienone is 4. The second-order valence-electron chi connectivity index (χ2n) is 6.03. The molecule has 0 unspecified atom stereocenters. The van der Waals surface area contributed by atoms with Crippen molar-refractivity contribution in [3.63, 3.8) is 0 Å². The van der Waals surface area contributed by atoms with Crippen molar-refractivity contribution in [3.05, 3.63) is 64.9 Å². The second kappa shape index (κ2) is 19.6. The molecule has 1 amide bonds. The molecule has 26 heavy (non-hydrogen) atoms. The Bertz CT molecular complexity index is 510. The molecule has 0 atom stereocenters. The van der Waals surface area contributed by atoms with Crippen LogP contribution in [-0.2, 0) is 26.2 Å². The van der Waals surface area contributed by atoms with Gasteiger partial charge in [0.2, 0.25) is 0 Å². The standard InChI is InChI=1S/C13H19NO.C5H5.C2H7Si.2ClH.Zr/c1-8(2)10-6-5-7-11(9(3)4)12(10)13(14)15;1-2-4-5-3-1;1-3-2;;;/h5-9H,1-4H3,(H2,14,15);1-3H,4H2;3H,1-2H3;2*1H;/q;-1;;;;+4/p-3. The van der Waals surface area contributed by atoms with E-state index in [0.29, 0.717) is 5.56 Å². The van der Waals surface area contributed by atoms with Crippen LogP contribution in [0.3, 0.4) is 0 Å². The smallest absolute Gasteiger partial charge is 1.00 e. The van der Waals surface area contributed by atoms with Crippen LogP contribution in [0.5, 0.6) is 0 Å². The summed E-state index contributed by atoms with van der Waals surface area (Å²) in [5.41, 5.74) is 9.92. The molecule has 0 fully saturated rings. The van der Waals surface area contributed by atoms with Crippen molar-refractivity contribution in [1.29, 1.82) is 0 Å². The molecule has 1 radical (unpaired) electrons. The number of hydrogen-bond acceptors (Lipinski definition) is 1. The van der Waals surface area contributed by atoms with Gasteiger partial charge in [0.1, 0.15) is 0 Å². The minimum atomic E-state index is -0.567. The topological polar surface area (TPSA) is 40.9 Å². The molecule has 1 aliphatic rings. The Morgan fingerprint density at radius 3 is 1.69 bits per heavy atom. The van der Waals surface area contributed by atoms with E-state index in [2.05, 4.69) is 25.2 Å². The molecule has 1 aromatic rings. The van der Waals surface area contributed by atoms with E-state index in [0.717, 1.165) is 27.1 Å². The van der Waals surface area contributed by atoms with Gasteiger partial charge >= 0.3 is 26.2 Å². The number of rotatable bonds is 3. The normalized spacial score (nSPS) is 10.5. The third kappa shape index (κ3) is 13.1. The van der Waals surface area contributed by atoms with Crippen LogP contribution >= 0.6 is 0 Å². The van der Waals surface area contributed by atoms with Crippen molar-refractivity contribution in [2.45, 2.75) is 59.0 Å². The maximum Gasteiger partial charge on any atom is 4.00 e. The Morgan fingerprint density at radius 1 is 1.08 bits per heavy atom. The van der Waals surface area contributed by atoms with Crippen LogP contribution in [0.25, 0.3) is 5.73 Å². The molecule has 2 rings (SSSR count). The third-order valence-corrected chi connectivity index (χ3v) is 3.19. The first kappa shape index (κ1) is 33.4. The average molecular weight is 491 g/mol. The molecule has 0 heterocycles. The van der Waals surface area contributed by atoms with Crippen LogP contribution < -0.4 is 24.8 Å². The molecule has 1 aromatic carbocycles. The number of amides is 1. The zero-order chi connectivity index (χ0) is 17.8. The molecule has 1 N–H and O–H groups in total. The Kier molecular flexibility index (Phi) is 25.2. The second-order valence-corrected chi connectivity index (χ2v) is 7.19. The van der Waals surface area contributed by atoms with E-state index in [4.69, 9.17) is 5.73 Å². The van der Waals surface area contributed by atoms with E-state index in [1.165, 1.54) is 0 Å². The zero-order valence-corrected chi connectivity index (χ0v) is 21.7. The van der Waals surface area contributed by atoms with Crippen LogP contribution in [0.4, 0.5) is 0 Å². The van der Waals surface area contributed by atoms with Crippen LogP contribution in [0, 0.1) is 6.08 Å². The first-order valence-electron chi connectivity index (χ1n) is 8.21. The van der Waals surface area contributed by atoms with Gasteiger partial charge in [-0.3, -0.25) is 6.08 Å². The number of hydrogen-bond donors (Lipinski definition) is 0. The van der Waals surface area contributed by atoms with Gasteiger partial charge in [-0.05, 0) is 23.0 Å². The fourth-order valence-electron chi connectivity index (χ4n) is 2.15. The van der Waals surface area contributed by atoms with Gasteiger partial charge in [0, 0.05) is 15.1 Å². The predicted molar refractivity (Wildman–Crippen MR) is 104 cm³/mol. The molecule has 0 spiro atoms. The number of benzene rings is 1. The molecule has 6 heteroatoms. The van der Waals surface area contributed by atoms with Crippen molar-refractivity contribution in [2.75, 3.05) is 0 Å². The quantitative estimate of drug-likeness (QED) is 0.433. The maximum atomic E-state index is 11.4. The molecule has 0 saturated carbocycles. The van der Waals surface area contributed by atoms with Crippen molar-refractivity contribution >= 4 is 15.4 Å². The SMILES string of the molecule is CC(C)c1cccc(C(C)C)c1C([NH-])=O.C[SiH]C.[C-]1=CC=CC1.[Cl-].[Cl-].[Zr+4]. The van der Waals surface area contributed by atoms with E-state index in [9.17, 15) is 4.79 Å². The summed E-state index contributed by atoms with van der Waals surface area (Å²) in [4.78, 5) is 11.4. The molecular weight excluding hydrogens is 460 g/mol.